The largest absolute Gasteiger partial charge is 0.372 e. The second-order valence-electron chi connectivity index (χ2n) is 4.75. The van der Waals surface area contributed by atoms with Crippen LogP contribution in [-0.2, 0) is 0 Å². The fourth-order valence-electron chi connectivity index (χ4n) is 1.69. The zero-order valence-electron chi connectivity index (χ0n) is 10.8. The van der Waals surface area contributed by atoms with E-state index in [4.69, 9.17) is 0 Å². The van der Waals surface area contributed by atoms with Crippen LogP contribution in [0, 0.1) is 12.8 Å². The number of anilines is 1. The summed E-state index contributed by atoms with van der Waals surface area (Å²) in [6.07, 6.45) is 0.908. The molecule has 1 atom stereocenters. The van der Waals surface area contributed by atoms with E-state index in [0.29, 0.717) is 12.0 Å². The molecular weight excluding hydrogens is 198 g/mol. The Morgan fingerprint density at radius 3 is 2.31 bits per heavy atom. The van der Waals surface area contributed by atoms with Gasteiger partial charge >= 0.3 is 0 Å². The Bertz CT molecular complexity index is 371. The maximum Gasteiger partial charge on any atom is 0.150 e. The number of carbonyl (C=O) groups excluding carboxylic acids is 1. The molecule has 2 heteroatoms. The van der Waals surface area contributed by atoms with E-state index in [2.05, 4.69) is 38.8 Å². The molecular formula is C14H21NO. The standard InChI is InChI=1S/C14H21NO/c1-10(2)12(4)15(5)14-7-6-13(9-16)11(3)8-14/h6-10,12H,1-5H3. The van der Waals surface area contributed by atoms with Crippen LogP contribution in [0.2, 0.25) is 0 Å². The van der Waals surface area contributed by atoms with Gasteiger partial charge in [0.05, 0.1) is 0 Å². The van der Waals surface area contributed by atoms with Crippen LogP contribution in [0.5, 0.6) is 0 Å². The van der Waals surface area contributed by atoms with Crippen molar-refractivity contribution in [2.24, 2.45) is 5.92 Å². The summed E-state index contributed by atoms with van der Waals surface area (Å²) in [5, 5.41) is 0. The van der Waals surface area contributed by atoms with E-state index in [-0.39, 0.29) is 0 Å². The van der Waals surface area contributed by atoms with Crippen molar-refractivity contribution >= 4 is 12.0 Å². The van der Waals surface area contributed by atoms with Gasteiger partial charge in [-0.3, -0.25) is 4.79 Å². The van der Waals surface area contributed by atoms with Crippen molar-refractivity contribution in [1.82, 2.24) is 0 Å². The first-order chi connectivity index (χ1) is 7.47. The monoisotopic (exact) mass is 219 g/mol. The van der Waals surface area contributed by atoms with Crippen LogP contribution in [-0.4, -0.2) is 19.4 Å². The van der Waals surface area contributed by atoms with E-state index >= 15 is 0 Å². The minimum absolute atomic E-state index is 0.487. The maximum atomic E-state index is 10.7. The van der Waals surface area contributed by atoms with Gasteiger partial charge in [-0.15, -0.1) is 0 Å². The van der Waals surface area contributed by atoms with Gasteiger partial charge in [-0.1, -0.05) is 13.8 Å². The quantitative estimate of drug-likeness (QED) is 0.724. The topological polar surface area (TPSA) is 20.3 Å². The molecule has 0 amide bonds. The molecule has 0 fully saturated rings. The molecule has 0 N–H and O–H groups in total. The van der Waals surface area contributed by atoms with Gasteiger partial charge in [0, 0.05) is 24.3 Å². The first-order valence-electron chi connectivity index (χ1n) is 5.76. The molecule has 0 aliphatic carbocycles. The Morgan fingerprint density at radius 2 is 1.88 bits per heavy atom. The Morgan fingerprint density at radius 1 is 1.25 bits per heavy atom. The molecule has 0 saturated carbocycles. The summed E-state index contributed by atoms with van der Waals surface area (Å²) in [7, 11) is 2.10. The number of carbonyl (C=O) groups is 1. The average molecular weight is 219 g/mol. The van der Waals surface area contributed by atoms with Gasteiger partial charge in [-0.25, -0.2) is 0 Å². The van der Waals surface area contributed by atoms with Crippen LogP contribution in [0.1, 0.15) is 36.7 Å². The molecule has 1 aromatic rings. The minimum Gasteiger partial charge on any atom is -0.372 e. The molecule has 0 bridgehead atoms. The fourth-order valence-corrected chi connectivity index (χ4v) is 1.69. The van der Waals surface area contributed by atoms with E-state index in [9.17, 15) is 4.79 Å². The van der Waals surface area contributed by atoms with E-state index in [1.807, 2.05) is 19.1 Å². The molecule has 2 nitrogen and oxygen atoms in total. The third-order valence-electron chi connectivity index (χ3n) is 3.36. The van der Waals surface area contributed by atoms with Crippen LogP contribution in [0.15, 0.2) is 18.2 Å². The highest BCUT2D eigenvalue weighted by atomic mass is 16.1. The minimum atomic E-state index is 0.487. The summed E-state index contributed by atoms with van der Waals surface area (Å²) in [5.74, 6) is 0.607. The van der Waals surface area contributed by atoms with Crippen LogP contribution in [0.3, 0.4) is 0 Å². The summed E-state index contributed by atoms with van der Waals surface area (Å²) in [6, 6.07) is 6.46. The number of aldehydes is 1. The Labute approximate surface area is 98.3 Å². The molecule has 1 rings (SSSR count). The zero-order chi connectivity index (χ0) is 12.3. The van der Waals surface area contributed by atoms with Crippen molar-refractivity contribution in [2.45, 2.75) is 33.7 Å². The number of aryl methyl sites for hydroxylation is 1. The Kier molecular flexibility index (Phi) is 4.11. The lowest BCUT2D eigenvalue weighted by molar-refractivity contribution is 0.112. The molecule has 1 unspecified atom stereocenters. The van der Waals surface area contributed by atoms with Gasteiger partial charge in [-0.05, 0) is 43.5 Å². The normalized spacial score (nSPS) is 12.6. The number of benzene rings is 1. The van der Waals surface area contributed by atoms with E-state index in [1.54, 1.807) is 0 Å². The molecule has 0 radical (unpaired) electrons. The molecule has 0 aliphatic rings. The lowest BCUT2D eigenvalue weighted by Crippen LogP contribution is -2.33. The van der Waals surface area contributed by atoms with Crippen molar-refractivity contribution in [2.75, 3.05) is 11.9 Å². The summed E-state index contributed by atoms with van der Waals surface area (Å²) in [5.41, 5.74) is 2.98. The van der Waals surface area contributed by atoms with E-state index in [1.165, 1.54) is 5.69 Å². The lowest BCUT2D eigenvalue weighted by Gasteiger charge is -2.30. The van der Waals surface area contributed by atoms with Gasteiger partial charge in [0.25, 0.3) is 0 Å². The molecule has 1 aromatic carbocycles. The highest BCUT2D eigenvalue weighted by Gasteiger charge is 2.14. The highest BCUT2D eigenvalue weighted by molar-refractivity contribution is 5.78. The smallest absolute Gasteiger partial charge is 0.150 e. The lowest BCUT2D eigenvalue weighted by atomic mass is 10.0. The van der Waals surface area contributed by atoms with Gasteiger partial charge < -0.3 is 4.90 Å². The highest BCUT2D eigenvalue weighted by Crippen LogP contribution is 2.21. The second kappa shape index (κ2) is 5.15. The van der Waals surface area contributed by atoms with Crippen molar-refractivity contribution in [1.29, 1.82) is 0 Å². The summed E-state index contributed by atoms with van der Waals surface area (Å²) in [4.78, 5) is 13.0. The Hall–Kier alpha value is -1.31. The van der Waals surface area contributed by atoms with Crippen LogP contribution in [0.25, 0.3) is 0 Å². The number of hydrogen-bond acceptors (Lipinski definition) is 2. The second-order valence-corrected chi connectivity index (χ2v) is 4.75. The van der Waals surface area contributed by atoms with Gasteiger partial charge in [0.15, 0.2) is 0 Å². The van der Waals surface area contributed by atoms with E-state index in [0.717, 1.165) is 17.4 Å². The van der Waals surface area contributed by atoms with Crippen LogP contribution >= 0.6 is 0 Å². The molecule has 0 aliphatic heterocycles. The predicted octanol–water partition coefficient (Wildman–Crippen LogP) is 3.29. The van der Waals surface area contributed by atoms with Crippen LogP contribution in [0.4, 0.5) is 5.69 Å². The third-order valence-corrected chi connectivity index (χ3v) is 3.36. The van der Waals surface area contributed by atoms with Crippen molar-refractivity contribution in [3.8, 4) is 0 Å². The maximum absolute atomic E-state index is 10.7. The SMILES string of the molecule is Cc1cc(N(C)C(C)C(C)C)ccc1C=O. The molecule has 0 aromatic heterocycles. The average Bonchev–Trinajstić information content (AvgIpc) is 2.26. The summed E-state index contributed by atoms with van der Waals surface area (Å²) in [6.45, 7) is 8.62. The third kappa shape index (κ3) is 2.63. The van der Waals surface area contributed by atoms with Crippen molar-refractivity contribution in [3.63, 3.8) is 0 Å². The fraction of sp³-hybridized carbons (Fsp3) is 0.500. The van der Waals surface area contributed by atoms with Gasteiger partial charge in [0.2, 0.25) is 0 Å². The van der Waals surface area contributed by atoms with E-state index < -0.39 is 0 Å². The predicted molar refractivity (Wildman–Crippen MR) is 69.3 cm³/mol. The zero-order valence-corrected chi connectivity index (χ0v) is 10.8. The van der Waals surface area contributed by atoms with Gasteiger partial charge in [0.1, 0.15) is 6.29 Å². The summed E-state index contributed by atoms with van der Waals surface area (Å²) < 4.78 is 0. The van der Waals surface area contributed by atoms with Crippen LogP contribution < -0.4 is 4.90 Å². The number of rotatable bonds is 4. The molecule has 0 saturated heterocycles. The molecule has 0 spiro atoms. The van der Waals surface area contributed by atoms with Crippen molar-refractivity contribution in [3.05, 3.63) is 29.3 Å². The molecule has 0 heterocycles. The van der Waals surface area contributed by atoms with Gasteiger partial charge in [-0.2, -0.15) is 0 Å². The number of nitrogens with zero attached hydrogens (tertiary/aromatic N) is 1. The molecule has 16 heavy (non-hydrogen) atoms. The summed E-state index contributed by atoms with van der Waals surface area (Å²) >= 11 is 0. The first kappa shape index (κ1) is 12.8. The first-order valence-corrected chi connectivity index (χ1v) is 5.76. The number of hydrogen-bond donors (Lipinski definition) is 0. The Balaban J connectivity index is 2.97. The molecule has 88 valence electrons. The van der Waals surface area contributed by atoms with Crippen molar-refractivity contribution < 1.29 is 4.79 Å².